The maximum Gasteiger partial charge on any atom is 0.125 e. The Labute approximate surface area is 62.6 Å². The highest BCUT2D eigenvalue weighted by Gasteiger charge is 2.05. The first-order valence-electron chi connectivity index (χ1n) is 2.92. The van der Waals surface area contributed by atoms with E-state index in [-0.39, 0.29) is 0 Å². The molecule has 0 saturated heterocycles. The quantitative estimate of drug-likeness (QED) is 0.524. The highest BCUT2D eigenvalue weighted by atomic mass is 32.2. The average molecular weight is 151 g/mol. The molecule has 0 aliphatic carbocycles. The van der Waals surface area contributed by atoms with Gasteiger partial charge in [-0.05, 0) is 0 Å². The number of nitrogens with zero attached hydrogens (tertiary/aromatic N) is 3. The first-order chi connectivity index (χ1) is 4.97. The van der Waals surface area contributed by atoms with Gasteiger partial charge in [-0.25, -0.2) is 9.97 Å². The van der Waals surface area contributed by atoms with Crippen molar-refractivity contribution in [3.05, 3.63) is 12.5 Å². The van der Waals surface area contributed by atoms with Crippen molar-refractivity contribution in [2.75, 3.05) is 5.75 Å². The van der Waals surface area contributed by atoms with E-state index >= 15 is 0 Å². The standard InChI is InChI=1S/C6H5N3S/c1-2-10-6-5(8-1)3-7-4-9-6/h1,3-4H,2H2. The van der Waals surface area contributed by atoms with Crippen LogP contribution in [0.5, 0.6) is 0 Å². The Morgan fingerprint density at radius 2 is 2.50 bits per heavy atom. The Hall–Kier alpha value is -0.900. The zero-order chi connectivity index (χ0) is 6.81. The zero-order valence-electron chi connectivity index (χ0n) is 5.19. The summed E-state index contributed by atoms with van der Waals surface area (Å²) in [6, 6.07) is 0. The molecule has 1 aliphatic rings. The number of thioether (sulfide) groups is 1. The summed E-state index contributed by atoms with van der Waals surface area (Å²) in [5.41, 5.74) is 0.888. The summed E-state index contributed by atoms with van der Waals surface area (Å²) in [6.07, 6.45) is 5.15. The molecule has 2 heterocycles. The van der Waals surface area contributed by atoms with Gasteiger partial charge in [0.15, 0.2) is 0 Å². The number of hydrogen-bond donors (Lipinski definition) is 0. The van der Waals surface area contributed by atoms with Gasteiger partial charge in [-0.3, -0.25) is 4.99 Å². The lowest BCUT2D eigenvalue weighted by molar-refractivity contribution is 1.04. The van der Waals surface area contributed by atoms with Crippen molar-refractivity contribution in [1.82, 2.24) is 9.97 Å². The second kappa shape index (κ2) is 2.38. The molecular weight excluding hydrogens is 146 g/mol. The molecule has 1 aliphatic heterocycles. The second-order valence-corrected chi connectivity index (χ2v) is 2.84. The van der Waals surface area contributed by atoms with E-state index in [1.807, 2.05) is 6.21 Å². The molecule has 0 unspecified atom stereocenters. The molecule has 1 aromatic rings. The molecule has 50 valence electrons. The van der Waals surface area contributed by atoms with Crippen LogP contribution in [0.1, 0.15) is 0 Å². The lowest BCUT2D eigenvalue weighted by Crippen LogP contribution is -1.91. The zero-order valence-corrected chi connectivity index (χ0v) is 6.01. The van der Waals surface area contributed by atoms with Gasteiger partial charge in [0.05, 0.1) is 6.20 Å². The summed E-state index contributed by atoms with van der Waals surface area (Å²) in [5.74, 6) is 0.921. The van der Waals surface area contributed by atoms with Gasteiger partial charge in [-0.2, -0.15) is 0 Å². The summed E-state index contributed by atoms with van der Waals surface area (Å²) < 4.78 is 0. The second-order valence-electron chi connectivity index (χ2n) is 1.84. The van der Waals surface area contributed by atoms with Gasteiger partial charge < -0.3 is 0 Å². The van der Waals surface area contributed by atoms with Gasteiger partial charge in [-0.1, -0.05) is 11.8 Å². The first kappa shape index (κ1) is 5.85. The highest BCUT2D eigenvalue weighted by molar-refractivity contribution is 8.00. The molecule has 0 aromatic carbocycles. The predicted molar refractivity (Wildman–Crippen MR) is 40.9 cm³/mol. The first-order valence-corrected chi connectivity index (χ1v) is 3.91. The summed E-state index contributed by atoms with van der Waals surface area (Å²) in [4.78, 5) is 12.0. The summed E-state index contributed by atoms with van der Waals surface area (Å²) in [5, 5.41) is 0.984. The molecule has 2 rings (SSSR count). The van der Waals surface area contributed by atoms with Crippen LogP contribution in [0.25, 0.3) is 0 Å². The maximum atomic E-state index is 4.12. The van der Waals surface area contributed by atoms with E-state index in [1.54, 1.807) is 24.3 Å². The Morgan fingerprint density at radius 3 is 3.40 bits per heavy atom. The molecule has 0 fully saturated rings. The van der Waals surface area contributed by atoms with Crippen molar-refractivity contribution in [1.29, 1.82) is 0 Å². The predicted octanol–water partition coefficient (Wildman–Crippen LogP) is 1.28. The van der Waals surface area contributed by atoms with Gasteiger partial charge >= 0.3 is 0 Å². The van der Waals surface area contributed by atoms with Crippen LogP contribution in [0.4, 0.5) is 5.69 Å². The lowest BCUT2D eigenvalue weighted by atomic mass is 10.5. The SMILES string of the molecule is C1=Nc2cncnc2SC1. The molecular formula is C6H5N3S. The molecule has 0 N–H and O–H groups in total. The third-order valence-electron chi connectivity index (χ3n) is 1.18. The third kappa shape index (κ3) is 0.903. The van der Waals surface area contributed by atoms with Crippen LogP contribution in [0.2, 0.25) is 0 Å². The number of rotatable bonds is 0. The molecule has 1 aromatic heterocycles. The molecule has 0 amide bonds. The molecule has 10 heavy (non-hydrogen) atoms. The minimum absolute atomic E-state index is 0.888. The number of fused-ring (bicyclic) bond motifs is 1. The molecule has 0 atom stereocenters. The topological polar surface area (TPSA) is 38.1 Å². The molecule has 0 bridgehead atoms. The van der Waals surface area contributed by atoms with Crippen molar-refractivity contribution >= 4 is 23.7 Å². The minimum atomic E-state index is 0.888. The fourth-order valence-corrected chi connectivity index (χ4v) is 1.44. The van der Waals surface area contributed by atoms with Crippen molar-refractivity contribution in [3.8, 4) is 0 Å². The van der Waals surface area contributed by atoms with E-state index in [2.05, 4.69) is 15.0 Å². The van der Waals surface area contributed by atoms with Crippen LogP contribution in [-0.2, 0) is 0 Å². The van der Waals surface area contributed by atoms with Crippen LogP contribution in [0.15, 0.2) is 22.5 Å². The molecule has 0 spiro atoms. The van der Waals surface area contributed by atoms with Crippen molar-refractivity contribution < 1.29 is 0 Å². The Balaban J connectivity index is 2.54. The molecule has 4 heteroatoms. The van der Waals surface area contributed by atoms with E-state index in [0.29, 0.717) is 0 Å². The maximum absolute atomic E-state index is 4.12. The van der Waals surface area contributed by atoms with E-state index in [4.69, 9.17) is 0 Å². The molecule has 0 radical (unpaired) electrons. The van der Waals surface area contributed by atoms with Crippen molar-refractivity contribution in [3.63, 3.8) is 0 Å². The van der Waals surface area contributed by atoms with Crippen LogP contribution < -0.4 is 0 Å². The van der Waals surface area contributed by atoms with Crippen molar-refractivity contribution in [2.24, 2.45) is 4.99 Å². The number of aromatic nitrogens is 2. The smallest absolute Gasteiger partial charge is 0.125 e. The fourth-order valence-electron chi connectivity index (χ4n) is 0.763. The molecule has 3 nitrogen and oxygen atoms in total. The van der Waals surface area contributed by atoms with Gasteiger partial charge in [0.1, 0.15) is 17.0 Å². The van der Waals surface area contributed by atoms with Crippen LogP contribution >= 0.6 is 11.8 Å². The van der Waals surface area contributed by atoms with Gasteiger partial charge in [0.25, 0.3) is 0 Å². The monoisotopic (exact) mass is 151 g/mol. The van der Waals surface area contributed by atoms with Crippen LogP contribution in [0, 0.1) is 0 Å². The molecule has 0 saturated carbocycles. The van der Waals surface area contributed by atoms with Gasteiger partial charge in [0.2, 0.25) is 0 Å². The van der Waals surface area contributed by atoms with Crippen molar-refractivity contribution in [2.45, 2.75) is 5.03 Å². The fraction of sp³-hybridized carbons (Fsp3) is 0.167. The van der Waals surface area contributed by atoms with E-state index in [0.717, 1.165) is 16.5 Å². The average Bonchev–Trinajstić information content (AvgIpc) is 2.05. The summed E-state index contributed by atoms with van der Waals surface area (Å²) in [7, 11) is 0. The number of hydrogen-bond acceptors (Lipinski definition) is 4. The highest BCUT2D eigenvalue weighted by Crippen LogP contribution is 2.28. The van der Waals surface area contributed by atoms with E-state index < -0.39 is 0 Å². The Bertz CT molecular complexity index is 271. The Kier molecular flexibility index (Phi) is 1.39. The van der Waals surface area contributed by atoms with Gasteiger partial charge in [-0.15, -0.1) is 0 Å². The van der Waals surface area contributed by atoms with Gasteiger partial charge in [0, 0.05) is 12.0 Å². The van der Waals surface area contributed by atoms with E-state index in [9.17, 15) is 0 Å². The summed E-state index contributed by atoms with van der Waals surface area (Å²) in [6.45, 7) is 0. The minimum Gasteiger partial charge on any atom is -0.256 e. The van der Waals surface area contributed by atoms with E-state index in [1.165, 1.54) is 0 Å². The summed E-state index contributed by atoms with van der Waals surface area (Å²) >= 11 is 1.69. The number of aliphatic imine (C=N–C) groups is 1. The largest absolute Gasteiger partial charge is 0.256 e. The van der Waals surface area contributed by atoms with Crippen LogP contribution in [0.3, 0.4) is 0 Å². The van der Waals surface area contributed by atoms with Crippen LogP contribution in [-0.4, -0.2) is 21.9 Å². The lowest BCUT2D eigenvalue weighted by Gasteiger charge is -2.04. The normalized spacial score (nSPS) is 14.8. The third-order valence-corrected chi connectivity index (χ3v) is 2.09. The Morgan fingerprint density at radius 1 is 1.50 bits per heavy atom.